The molecule has 0 aromatic heterocycles. The highest BCUT2D eigenvalue weighted by molar-refractivity contribution is 8.76. The summed E-state index contributed by atoms with van der Waals surface area (Å²) < 4.78 is 0. The van der Waals surface area contributed by atoms with Crippen LogP contribution in [0.2, 0.25) is 0 Å². The molecule has 7 rings (SSSR count). The maximum absolute atomic E-state index is 15.6. The molecular weight excluding hydrogens is 1550 g/mol. The number of guanidine groups is 1. The maximum Gasteiger partial charge on any atom is 0.246 e. The number of rotatable bonds is 14. The number of primary amides is 1. The van der Waals surface area contributed by atoms with Crippen LogP contribution >= 0.6 is 21.6 Å². The molecule has 7 aliphatic rings. The highest BCUT2D eigenvalue weighted by atomic mass is 33.1. The van der Waals surface area contributed by atoms with Crippen LogP contribution in [0, 0.1) is 40.4 Å². The Bertz CT molecular complexity index is 3550. The number of nitrogens with one attached hydrogen (secondary N) is 14. The minimum absolute atomic E-state index is 0.00362. The van der Waals surface area contributed by atoms with Crippen molar-refractivity contribution in [1.29, 1.82) is 5.41 Å². The van der Waals surface area contributed by atoms with E-state index in [9.17, 15) is 58.2 Å². The number of hydrogen-bond acceptors (Lipinski definition) is 22. The topological polar surface area (TPSA) is 576 Å². The van der Waals surface area contributed by atoms with Gasteiger partial charge >= 0.3 is 0 Å². The largest absolute Gasteiger partial charge is 0.394 e. The third-order valence-electron chi connectivity index (χ3n) is 22.6. The molecule has 39 nitrogen and oxygen atoms in total. The number of carbonyl (C=O) groups is 17. The second kappa shape index (κ2) is 45.6. The van der Waals surface area contributed by atoms with Crippen molar-refractivity contribution in [3.63, 3.8) is 0 Å². The lowest BCUT2D eigenvalue weighted by Crippen LogP contribution is -2.62. The molecule has 116 heavy (non-hydrogen) atoms. The van der Waals surface area contributed by atoms with Gasteiger partial charge in [-0.15, -0.1) is 0 Å². The molecule has 0 unspecified atom stereocenters. The Morgan fingerprint density at radius 1 is 0.500 bits per heavy atom. The lowest BCUT2D eigenvalue weighted by molar-refractivity contribution is -0.149. The Labute approximate surface area is 684 Å². The molecule has 6 saturated heterocycles. The van der Waals surface area contributed by atoms with Gasteiger partial charge in [0.15, 0.2) is 5.96 Å². The first-order valence-corrected chi connectivity index (χ1v) is 42.9. The normalized spacial score (nSPS) is 29.9. The van der Waals surface area contributed by atoms with Gasteiger partial charge in [0, 0.05) is 57.2 Å². The van der Waals surface area contributed by atoms with Crippen LogP contribution in [0.25, 0.3) is 0 Å². The number of hydrogen-bond donors (Lipinski definition) is 18. The number of nitrogens with zero attached hydrogens (tertiary/aromatic N) is 4. The van der Waals surface area contributed by atoms with Crippen molar-refractivity contribution in [2.75, 3.05) is 77.6 Å². The smallest absolute Gasteiger partial charge is 0.246 e. The van der Waals surface area contributed by atoms with Crippen LogP contribution in [-0.2, 0) is 81.5 Å². The summed E-state index contributed by atoms with van der Waals surface area (Å²) in [6.45, 7) is 12.6. The van der Waals surface area contributed by atoms with Crippen LogP contribution in [0.4, 0.5) is 0 Å². The Kier molecular flexibility index (Phi) is 37.6. The van der Waals surface area contributed by atoms with Crippen LogP contribution in [0.5, 0.6) is 0 Å². The minimum Gasteiger partial charge on any atom is -0.394 e. The van der Waals surface area contributed by atoms with E-state index in [1.165, 1.54) is 21.7 Å². The Morgan fingerprint density at radius 2 is 0.983 bits per heavy atom. The molecule has 1 aliphatic carbocycles. The SMILES string of the molecule is CC[C@H](C)[C@@H]1NC(=O)CNC(=O)C2CCC(CC2)CNC(=O)CNC(=O)C[C@@H](C(N)=O)NC(=O)[C@@H]2CCCN2C(=O)[C@H]([C@@H](C)CC)NC(=O)[C@@H]2CSSC[C@H](NC1=O)C(=O)N[C@@H](CO)C(=O)N[C@@H](CCCNC(=N)N)C(=O)N[C@@H](CO)C(=O)N[C@@H](CC(C)(C)C)C(=O)N1CCC[C@H]1C(=O)N1CCC[C@H]1C(=O)N[C@@H]([C@@H](C)CC)C(=O)N2C. The number of aliphatic hydroxyl groups is 2. The van der Waals surface area contributed by atoms with Gasteiger partial charge in [-0.1, -0.05) is 103 Å². The Morgan fingerprint density at radius 3 is 1.53 bits per heavy atom. The third-order valence-corrected chi connectivity index (χ3v) is 25.0. The van der Waals surface area contributed by atoms with Gasteiger partial charge in [0.2, 0.25) is 100 Å². The third kappa shape index (κ3) is 27.5. The lowest BCUT2D eigenvalue weighted by Gasteiger charge is -2.36. The molecule has 0 aromatic carbocycles. The predicted octanol–water partition coefficient (Wildman–Crippen LogP) is -4.59. The summed E-state index contributed by atoms with van der Waals surface area (Å²) in [6.07, 6.45) is 2.86. The zero-order chi connectivity index (χ0) is 86.0. The number of aliphatic hydroxyl groups excluding tert-OH is 2. The van der Waals surface area contributed by atoms with E-state index in [1.54, 1.807) is 62.3 Å². The number of likely N-dealkylation sites (N-methyl/N-ethyl adjacent to an activating group) is 1. The van der Waals surface area contributed by atoms with Gasteiger partial charge < -0.3 is 110 Å². The fourth-order valence-electron chi connectivity index (χ4n) is 14.9. The van der Waals surface area contributed by atoms with Crippen molar-refractivity contribution < 1.29 is 91.7 Å². The second-order valence-corrected chi connectivity index (χ2v) is 34.9. The fraction of sp³-hybridized carbons (Fsp3) is 0.760. The standard InChI is InChI=1S/C75H124N20O19S2/c1-11-39(4)57-69(110)88-49-37-115-116-38-53(68(109)91-59(41(6)13-3)73(114)94-28-16-19-50(94)66(107)84-45(60(76)101)30-54(98)81-33-55(99)80-32-42-22-24-43(25-23-42)61(102)82-34-56(100)89-57)92(10)72(113)58(40(5)12-2)90-67(108)51-20-15-27-93(51)71(112)52-21-17-29-95(52)70(111)46(31-75(7,8)9)85-64(105)48(36-97)86-62(103)44(18-14-26-79-74(77)78)83-63(104)47(35-96)87-65(49)106/h39-53,57-59,96-97H,11-38H2,1-10H3,(H2,76,101)(H,80,99)(H,81,98)(H,82,102)(H,83,104)(H,84,107)(H,85,105)(H,86,103)(H,87,106)(H,88,110)(H,89,100)(H,90,108)(H,91,109)(H4,77,78,79)/t39-,40-,41-,42?,43?,44-,45-,46-,47-,48-,49-,50-,51-,52-,53-,57-,58-,59-/m0/s1. The summed E-state index contributed by atoms with van der Waals surface area (Å²) in [5, 5.41) is 63.4. The first kappa shape index (κ1) is 95.7. The Hall–Kier alpha value is -9.12. The van der Waals surface area contributed by atoms with Crippen LogP contribution < -0.4 is 80.6 Å². The quantitative estimate of drug-likeness (QED) is 0.0256. The molecule has 0 radical (unpaired) electrons. The van der Waals surface area contributed by atoms with E-state index in [0.717, 1.165) is 26.5 Å². The molecule has 16 atom stereocenters. The molecule has 20 N–H and O–H groups in total. The molecular formula is C75H124N20O19S2. The van der Waals surface area contributed by atoms with E-state index < -0.39 is 258 Å². The van der Waals surface area contributed by atoms with Crippen molar-refractivity contribution in [1.82, 2.24) is 88.7 Å². The van der Waals surface area contributed by atoms with Gasteiger partial charge in [0.25, 0.3) is 0 Å². The van der Waals surface area contributed by atoms with Gasteiger partial charge in [-0.2, -0.15) is 0 Å². The molecule has 1 saturated carbocycles. The summed E-state index contributed by atoms with van der Waals surface area (Å²) in [5.41, 5.74) is 10.6. The summed E-state index contributed by atoms with van der Waals surface area (Å²) in [4.78, 5) is 251. The summed E-state index contributed by atoms with van der Waals surface area (Å²) >= 11 is 0. The van der Waals surface area contributed by atoms with Crippen LogP contribution in [0.1, 0.15) is 171 Å². The first-order chi connectivity index (χ1) is 54.9. The highest BCUT2D eigenvalue weighted by Gasteiger charge is 2.48. The van der Waals surface area contributed by atoms with E-state index >= 15 is 33.6 Å². The monoisotopic (exact) mass is 1670 g/mol. The molecule has 7 fully saturated rings. The van der Waals surface area contributed by atoms with Crippen molar-refractivity contribution in [3.05, 3.63) is 0 Å². The van der Waals surface area contributed by atoms with Gasteiger partial charge in [0.1, 0.15) is 78.5 Å². The van der Waals surface area contributed by atoms with Crippen molar-refractivity contribution in [3.8, 4) is 0 Å². The summed E-state index contributed by atoms with van der Waals surface area (Å²) in [6, 6.07) is -19.5. The minimum atomic E-state index is -1.93. The van der Waals surface area contributed by atoms with Crippen LogP contribution in [0.3, 0.4) is 0 Å². The van der Waals surface area contributed by atoms with Crippen molar-refractivity contribution >= 4 is 128 Å². The first-order valence-electron chi connectivity index (χ1n) is 40.4. The maximum atomic E-state index is 15.6. The van der Waals surface area contributed by atoms with Gasteiger partial charge in [0.05, 0.1) is 32.7 Å². The van der Waals surface area contributed by atoms with E-state index in [2.05, 4.69) is 69.1 Å². The van der Waals surface area contributed by atoms with Gasteiger partial charge in [-0.25, -0.2) is 0 Å². The molecule has 41 heteroatoms. The number of carbonyl (C=O) groups excluding carboxylic acids is 17. The van der Waals surface area contributed by atoms with E-state index in [4.69, 9.17) is 16.9 Å². The lowest BCUT2D eigenvalue weighted by atomic mass is 9.81. The average molecular weight is 1670 g/mol. The fourth-order valence-corrected chi connectivity index (χ4v) is 17.4. The zero-order valence-corrected chi connectivity index (χ0v) is 69.9. The summed E-state index contributed by atoms with van der Waals surface area (Å²) in [5.74, 6) is -18.4. The van der Waals surface area contributed by atoms with Crippen molar-refractivity contribution in [2.24, 2.45) is 46.5 Å². The van der Waals surface area contributed by atoms with E-state index in [-0.39, 0.29) is 103 Å². The molecule has 0 spiro atoms. The second-order valence-electron chi connectivity index (χ2n) is 32.4. The van der Waals surface area contributed by atoms with E-state index in [1.807, 2.05) is 0 Å². The van der Waals surface area contributed by atoms with Gasteiger partial charge in [-0.3, -0.25) is 86.9 Å². The molecule has 17 amide bonds. The van der Waals surface area contributed by atoms with Crippen molar-refractivity contribution in [2.45, 2.75) is 250 Å². The predicted molar refractivity (Wildman–Crippen MR) is 427 cm³/mol. The number of nitrogens with two attached hydrogens (primary N) is 2. The number of amides is 17. The van der Waals surface area contributed by atoms with Gasteiger partial charge in [-0.05, 0) is 113 Å². The summed E-state index contributed by atoms with van der Waals surface area (Å²) in [7, 11) is 3.04. The van der Waals surface area contributed by atoms with E-state index in [0.29, 0.717) is 38.5 Å². The van der Waals surface area contributed by atoms with Crippen LogP contribution in [-0.4, -0.2) is 292 Å². The molecule has 650 valence electrons. The highest BCUT2D eigenvalue weighted by Crippen LogP contribution is 2.32. The molecule has 6 heterocycles. The molecule has 4 bridgehead atoms. The average Bonchev–Trinajstić information content (AvgIpc) is 1.62. The molecule has 6 aliphatic heterocycles. The Balaban J connectivity index is 1.48. The molecule has 0 aromatic rings. The number of fused-ring (bicyclic) bond motifs is 23. The van der Waals surface area contributed by atoms with Crippen LogP contribution in [0.15, 0.2) is 0 Å². The zero-order valence-electron chi connectivity index (χ0n) is 68.3.